The normalized spacial score (nSPS) is 14.6. The number of carbonyl (C=O) groups excluding carboxylic acids is 1. The summed E-state index contributed by atoms with van der Waals surface area (Å²) in [5.41, 5.74) is 3.13. The zero-order valence-corrected chi connectivity index (χ0v) is 13.7. The number of hydrazone groups is 1. The van der Waals surface area contributed by atoms with Gasteiger partial charge in [-0.1, -0.05) is 0 Å². The molecule has 2 aromatic heterocycles. The van der Waals surface area contributed by atoms with Crippen LogP contribution in [0.15, 0.2) is 11.2 Å². The van der Waals surface area contributed by atoms with E-state index in [0.29, 0.717) is 11.4 Å². The van der Waals surface area contributed by atoms with Gasteiger partial charge in [0.05, 0.1) is 17.5 Å². The van der Waals surface area contributed by atoms with Crippen LogP contribution in [0.5, 0.6) is 0 Å². The first-order valence-corrected chi connectivity index (χ1v) is 7.73. The second kappa shape index (κ2) is 6.69. The van der Waals surface area contributed by atoms with E-state index in [0.717, 1.165) is 23.7 Å². The zero-order valence-electron chi connectivity index (χ0n) is 13.7. The van der Waals surface area contributed by atoms with E-state index < -0.39 is 18.3 Å². The lowest BCUT2D eigenvalue weighted by atomic mass is 10.2. The summed E-state index contributed by atoms with van der Waals surface area (Å²) in [6.07, 6.45) is 0.267. The van der Waals surface area contributed by atoms with E-state index in [1.165, 1.54) is 17.8 Å². The van der Waals surface area contributed by atoms with Crippen LogP contribution in [0.25, 0.3) is 0 Å². The Morgan fingerprint density at radius 3 is 2.76 bits per heavy atom. The smallest absolute Gasteiger partial charge is 0.271 e. The topological polar surface area (TPSA) is 77.1 Å². The van der Waals surface area contributed by atoms with Gasteiger partial charge in [0.15, 0.2) is 0 Å². The quantitative estimate of drug-likeness (QED) is 0.637. The van der Waals surface area contributed by atoms with Gasteiger partial charge in [0, 0.05) is 18.7 Å². The van der Waals surface area contributed by atoms with E-state index in [1.807, 2.05) is 0 Å². The maximum Gasteiger partial charge on any atom is 0.282 e. The van der Waals surface area contributed by atoms with Crippen LogP contribution in [0.3, 0.4) is 0 Å². The van der Waals surface area contributed by atoms with Gasteiger partial charge in [-0.2, -0.15) is 19.7 Å². The van der Waals surface area contributed by atoms with Gasteiger partial charge >= 0.3 is 0 Å². The Bertz CT molecular complexity index is 822. The standard InChI is InChI=1S/C15H17F3N6O/c1-8-10(15(18)23(2)21-8)6-19-20-13(25)7-24-12(9-3-4-9)5-11(22-24)14(16)17/h5-6,9,14H,3-4,7H2,1-2H3,(H,20,25)/b19-6-. The molecule has 0 aliphatic heterocycles. The highest BCUT2D eigenvalue weighted by molar-refractivity contribution is 5.83. The molecule has 0 aromatic carbocycles. The summed E-state index contributed by atoms with van der Waals surface area (Å²) in [5, 5.41) is 11.4. The fraction of sp³-hybridized carbons (Fsp3) is 0.467. The Labute approximate surface area is 141 Å². The molecule has 0 unspecified atom stereocenters. The van der Waals surface area contributed by atoms with Gasteiger partial charge in [-0.3, -0.25) is 9.48 Å². The van der Waals surface area contributed by atoms with Crippen molar-refractivity contribution in [3.05, 3.63) is 34.7 Å². The summed E-state index contributed by atoms with van der Waals surface area (Å²) < 4.78 is 41.7. The average Bonchev–Trinajstić information content (AvgIpc) is 3.26. The Morgan fingerprint density at radius 1 is 1.48 bits per heavy atom. The first-order chi connectivity index (χ1) is 11.9. The van der Waals surface area contributed by atoms with Gasteiger partial charge in [0.2, 0.25) is 5.95 Å². The minimum atomic E-state index is -2.68. The third-order valence-corrected chi connectivity index (χ3v) is 3.92. The van der Waals surface area contributed by atoms with E-state index in [4.69, 9.17) is 0 Å². The minimum Gasteiger partial charge on any atom is -0.271 e. The molecular weight excluding hydrogens is 337 g/mol. The van der Waals surface area contributed by atoms with Gasteiger partial charge in [0.25, 0.3) is 12.3 Å². The summed E-state index contributed by atoms with van der Waals surface area (Å²) in [5.74, 6) is -0.937. The molecule has 25 heavy (non-hydrogen) atoms. The zero-order chi connectivity index (χ0) is 18.1. The molecule has 3 rings (SSSR count). The number of halogens is 3. The highest BCUT2D eigenvalue weighted by atomic mass is 19.3. The molecule has 10 heteroatoms. The van der Waals surface area contributed by atoms with Gasteiger partial charge in [-0.25, -0.2) is 18.9 Å². The second-order valence-electron chi connectivity index (χ2n) is 5.93. The number of aryl methyl sites for hydroxylation is 2. The molecule has 134 valence electrons. The van der Waals surface area contributed by atoms with Crippen LogP contribution in [-0.4, -0.2) is 31.7 Å². The summed E-state index contributed by atoms with van der Waals surface area (Å²) in [7, 11) is 1.45. The summed E-state index contributed by atoms with van der Waals surface area (Å²) in [4.78, 5) is 12.0. The van der Waals surface area contributed by atoms with Crippen molar-refractivity contribution in [1.29, 1.82) is 0 Å². The first-order valence-electron chi connectivity index (χ1n) is 7.73. The van der Waals surface area contributed by atoms with Crippen molar-refractivity contribution < 1.29 is 18.0 Å². The molecule has 1 aliphatic carbocycles. The SMILES string of the molecule is Cc1nn(C)c(F)c1/C=N\NC(=O)Cn1nc(C(F)F)cc1C1CC1. The van der Waals surface area contributed by atoms with Gasteiger partial charge in [0.1, 0.15) is 12.2 Å². The fourth-order valence-electron chi connectivity index (χ4n) is 2.53. The molecule has 0 atom stereocenters. The van der Waals surface area contributed by atoms with Crippen molar-refractivity contribution in [2.24, 2.45) is 12.1 Å². The average molecular weight is 354 g/mol. The lowest BCUT2D eigenvalue weighted by Gasteiger charge is -2.05. The minimum absolute atomic E-state index is 0.167. The molecule has 1 aliphatic rings. The lowest BCUT2D eigenvalue weighted by molar-refractivity contribution is -0.121. The highest BCUT2D eigenvalue weighted by Crippen LogP contribution is 2.41. The van der Waals surface area contributed by atoms with E-state index in [2.05, 4.69) is 20.7 Å². The number of carbonyl (C=O) groups is 1. The first kappa shape index (κ1) is 17.2. The van der Waals surface area contributed by atoms with Crippen molar-refractivity contribution in [1.82, 2.24) is 25.0 Å². The van der Waals surface area contributed by atoms with Crippen molar-refractivity contribution in [3.63, 3.8) is 0 Å². The van der Waals surface area contributed by atoms with Crippen molar-refractivity contribution >= 4 is 12.1 Å². The maximum atomic E-state index is 13.7. The third-order valence-electron chi connectivity index (χ3n) is 3.92. The number of amides is 1. The highest BCUT2D eigenvalue weighted by Gasteiger charge is 2.30. The Balaban J connectivity index is 1.66. The fourth-order valence-corrected chi connectivity index (χ4v) is 2.53. The van der Waals surface area contributed by atoms with E-state index in [9.17, 15) is 18.0 Å². The Kier molecular flexibility index (Phi) is 4.60. The van der Waals surface area contributed by atoms with Gasteiger partial charge < -0.3 is 0 Å². The van der Waals surface area contributed by atoms with Crippen LogP contribution >= 0.6 is 0 Å². The molecule has 1 fully saturated rings. The summed E-state index contributed by atoms with van der Waals surface area (Å²) in [6, 6.07) is 1.34. The van der Waals surface area contributed by atoms with Crippen molar-refractivity contribution in [3.8, 4) is 0 Å². The molecule has 0 bridgehead atoms. The van der Waals surface area contributed by atoms with Crippen molar-refractivity contribution in [2.75, 3.05) is 0 Å². The number of rotatable bonds is 6. The van der Waals surface area contributed by atoms with Crippen LogP contribution in [0.2, 0.25) is 0 Å². The molecule has 0 spiro atoms. The molecule has 0 radical (unpaired) electrons. The van der Waals surface area contributed by atoms with Crippen LogP contribution in [0.4, 0.5) is 13.2 Å². The summed E-state index contributed by atoms with van der Waals surface area (Å²) >= 11 is 0. The van der Waals surface area contributed by atoms with Crippen molar-refractivity contribution in [2.45, 2.75) is 38.7 Å². The number of hydrogen-bond donors (Lipinski definition) is 1. The van der Waals surface area contributed by atoms with Crippen LogP contribution in [0, 0.1) is 12.9 Å². The molecule has 1 amide bonds. The van der Waals surface area contributed by atoms with E-state index in [1.54, 1.807) is 6.92 Å². The Morgan fingerprint density at radius 2 is 2.20 bits per heavy atom. The number of nitrogens with one attached hydrogen (secondary N) is 1. The van der Waals surface area contributed by atoms with E-state index in [-0.39, 0.29) is 23.7 Å². The van der Waals surface area contributed by atoms with Crippen LogP contribution < -0.4 is 5.43 Å². The third kappa shape index (κ3) is 3.72. The predicted octanol–water partition coefficient (Wildman–Crippen LogP) is 2.03. The van der Waals surface area contributed by atoms with Crippen LogP contribution in [-0.2, 0) is 18.4 Å². The molecule has 1 saturated carbocycles. The van der Waals surface area contributed by atoms with Crippen LogP contribution in [0.1, 0.15) is 47.8 Å². The molecule has 0 saturated heterocycles. The number of aromatic nitrogens is 4. The number of nitrogens with zero attached hydrogens (tertiary/aromatic N) is 5. The number of hydrogen-bond acceptors (Lipinski definition) is 4. The molecule has 1 N–H and O–H groups in total. The van der Waals surface area contributed by atoms with Gasteiger partial charge in [-0.15, -0.1) is 0 Å². The molecular formula is C15H17F3N6O. The second-order valence-corrected chi connectivity index (χ2v) is 5.93. The largest absolute Gasteiger partial charge is 0.282 e. The lowest BCUT2D eigenvalue weighted by Crippen LogP contribution is -2.24. The number of alkyl halides is 2. The van der Waals surface area contributed by atoms with E-state index >= 15 is 0 Å². The molecule has 2 aromatic rings. The predicted molar refractivity (Wildman–Crippen MR) is 82.8 cm³/mol. The molecule has 7 nitrogen and oxygen atoms in total. The molecule has 2 heterocycles. The van der Waals surface area contributed by atoms with Gasteiger partial charge in [-0.05, 0) is 25.8 Å². The Hall–Kier alpha value is -2.65. The maximum absolute atomic E-state index is 13.7. The monoisotopic (exact) mass is 354 g/mol. The summed E-state index contributed by atoms with van der Waals surface area (Å²) in [6.45, 7) is 1.38.